The van der Waals surface area contributed by atoms with Gasteiger partial charge in [-0.3, -0.25) is 24.1 Å². The maximum absolute atomic E-state index is 14.4. The van der Waals surface area contributed by atoms with Gasteiger partial charge in [-0.25, -0.2) is 4.98 Å². The topological polar surface area (TPSA) is 118 Å². The van der Waals surface area contributed by atoms with Gasteiger partial charge >= 0.3 is 0 Å². The number of ether oxygens (including phenoxy) is 2. The zero-order valence-corrected chi connectivity index (χ0v) is 25.6. The molecule has 0 radical (unpaired) electrons. The summed E-state index contributed by atoms with van der Waals surface area (Å²) >= 11 is 1.40. The average Bonchev–Trinajstić information content (AvgIpc) is 3.81. The molecule has 11 heteroatoms. The third-order valence-electron chi connectivity index (χ3n) is 8.42. The lowest BCUT2D eigenvalue weighted by Crippen LogP contribution is -2.54. The number of Topliss-reactive ketones (excluding diaryl/α,β-unsaturated/α-hetero) is 1. The molecule has 0 unspecified atom stereocenters. The first kappa shape index (κ1) is 29.4. The molecule has 7 rings (SSSR count). The molecule has 0 saturated carbocycles. The lowest BCUT2D eigenvalue weighted by atomic mass is 9.86. The molecule has 3 aliphatic rings. The molecule has 0 bridgehead atoms. The Hall–Kier alpha value is -5.29. The maximum atomic E-state index is 14.4. The second kappa shape index (κ2) is 12.6. The third-order valence-corrected chi connectivity index (χ3v) is 9.25. The van der Waals surface area contributed by atoms with Crippen molar-refractivity contribution in [2.75, 3.05) is 23.6 Å². The number of hydrogen-bond donors (Lipinski definition) is 1. The first-order chi connectivity index (χ1) is 22.5. The van der Waals surface area contributed by atoms with Gasteiger partial charge in [0, 0.05) is 22.7 Å². The minimum Gasteiger partial charge on any atom is -0.454 e. The average molecular weight is 635 g/mol. The van der Waals surface area contributed by atoms with Gasteiger partial charge in [0.25, 0.3) is 11.7 Å². The highest BCUT2D eigenvalue weighted by Crippen LogP contribution is 2.36. The van der Waals surface area contributed by atoms with Crippen LogP contribution in [-0.4, -0.2) is 52.8 Å². The van der Waals surface area contributed by atoms with Gasteiger partial charge in [0.2, 0.25) is 18.6 Å². The van der Waals surface area contributed by atoms with E-state index in [4.69, 9.17) is 14.5 Å². The number of anilines is 2. The molecule has 1 N–H and O–H groups in total. The van der Waals surface area contributed by atoms with Crippen molar-refractivity contribution < 1.29 is 28.7 Å². The van der Waals surface area contributed by atoms with Crippen LogP contribution in [0.1, 0.15) is 34.6 Å². The van der Waals surface area contributed by atoms with Crippen molar-refractivity contribution in [3.63, 3.8) is 0 Å². The largest absolute Gasteiger partial charge is 0.454 e. The molecule has 10 nitrogen and oxygen atoms in total. The summed E-state index contributed by atoms with van der Waals surface area (Å²) in [5, 5.41) is 5.57. The maximum Gasteiger partial charge on any atom is 0.299 e. The van der Waals surface area contributed by atoms with Crippen LogP contribution >= 0.6 is 11.3 Å². The number of carbonyl (C=O) groups is 4. The lowest BCUT2D eigenvalue weighted by molar-refractivity contribution is -0.140. The van der Waals surface area contributed by atoms with Gasteiger partial charge in [0.1, 0.15) is 17.6 Å². The second-order valence-electron chi connectivity index (χ2n) is 11.3. The highest BCUT2D eigenvalue weighted by Gasteiger charge is 2.41. The number of rotatable bonds is 9. The van der Waals surface area contributed by atoms with E-state index >= 15 is 0 Å². The number of nitrogens with one attached hydrogen (secondary N) is 1. The number of nitrogens with zero attached hydrogens (tertiary/aromatic N) is 3. The monoisotopic (exact) mass is 634 g/mol. The Bertz CT molecular complexity index is 1850. The van der Waals surface area contributed by atoms with Crippen LogP contribution in [0.4, 0.5) is 11.4 Å². The first-order valence-corrected chi connectivity index (χ1v) is 15.9. The fourth-order valence-electron chi connectivity index (χ4n) is 6.15. The number of ketones is 1. The van der Waals surface area contributed by atoms with E-state index in [1.807, 2.05) is 41.8 Å². The number of carbonyl (C=O) groups excluding carboxylic acids is 4. The van der Waals surface area contributed by atoms with Crippen LogP contribution in [-0.2, 0) is 20.9 Å². The molecule has 2 aliphatic heterocycles. The Labute approximate surface area is 269 Å². The van der Waals surface area contributed by atoms with E-state index in [0.29, 0.717) is 40.7 Å². The molecule has 4 aromatic rings. The minimum absolute atomic E-state index is 0.0490. The number of aromatic nitrogens is 1. The smallest absolute Gasteiger partial charge is 0.299 e. The fourth-order valence-corrected chi connectivity index (χ4v) is 6.95. The van der Waals surface area contributed by atoms with Gasteiger partial charge in [-0.1, -0.05) is 54.6 Å². The number of hydrogen-bond acceptors (Lipinski definition) is 8. The molecule has 3 heterocycles. The van der Waals surface area contributed by atoms with E-state index in [1.165, 1.54) is 21.1 Å². The predicted octanol–water partition coefficient (Wildman–Crippen LogP) is 5.46. The summed E-state index contributed by atoms with van der Waals surface area (Å²) in [5.74, 6) is -1.33. The van der Waals surface area contributed by atoms with Crippen LogP contribution in [0.2, 0.25) is 0 Å². The predicted molar refractivity (Wildman–Crippen MR) is 173 cm³/mol. The Morgan fingerprint density at radius 3 is 2.63 bits per heavy atom. The lowest BCUT2D eigenvalue weighted by Gasteiger charge is -2.37. The minimum atomic E-state index is -0.893. The highest BCUT2D eigenvalue weighted by molar-refractivity contribution is 7.09. The van der Waals surface area contributed by atoms with Crippen LogP contribution in [0.25, 0.3) is 11.3 Å². The number of allylic oxidation sites excluding steroid dienone is 2. The van der Waals surface area contributed by atoms with Gasteiger partial charge in [-0.05, 0) is 49.4 Å². The Balaban J connectivity index is 1.23. The molecule has 3 amide bonds. The molecule has 0 spiro atoms. The van der Waals surface area contributed by atoms with Crippen molar-refractivity contribution >= 4 is 46.2 Å². The van der Waals surface area contributed by atoms with E-state index < -0.39 is 30.2 Å². The van der Waals surface area contributed by atoms with Crippen LogP contribution in [0.15, 0.2) is 90.3 Å². The van der Waals surface area contributed by atoms with Crippen LogP contribution in [0.3, 0.4) is 0 Å². The van der Waals surface area contributed by atoms with E-state index in [1.54, 1.807) is 42.5 Å². The number of thiazole rings is 1. The van der Waals surface area contributed by atoms with Gasteiger partial charge in [0.05, 0.1) is 23.5 Å². The van der Waals surface area contributed by atoms with E-state index in [9.17, 15) is 19.2 Å². The van der Waals surface area contributed by atoms with Gasteiger partial charge in [-0.15, -0.1) is 11.3 Å². The van der Waals surface area contributed by atoms with Gasteiger partial charge < -0.3 is 19.7 Å². The number of para-hydroxylation sites is 1. The van der Waals surface area contributed by atoms with Crippen molar-refractivity contribution in [2.45, 2.75) is 31.8 Å². The number of benzene rings is 3. The van der Waals surface area contributed by atoms with Crippen LogP contribution in [0, 0.1) is 5.92 Å². The summed E-state index contributed by atoms with van der Waals surface area (Å²) < 4.78 is 10.9. The molecular formula is C35H30N4O6S. The standard InChI is InChI=1S/C35H30N4O6S/c40-31(19-38-27-14-8-7-13-25(27)33(41)35(38)43)39(18-30-37-26(20-46-30)22-9-3-1-4-10-22)32(23-11-5-2-6-12-23)34(42)36-24-15-16-28-29(17-24)45-21-44-28/h1-5,7-10,13-17,20,23,32H,6,11-12,18-19,21H2,(H,36,42)/t23-,32-/m0/s1. The van der Waals surface area contributed by atoms with Gasteiger partial charge in [-0.2, -0.15) is 0 Å². The molecule has 1 aliphatic carbocycles. The van der Waals surface area contributed by atoms with Crippen molar-refractivity contribution in [2.24, 2.45) is 5.92 Å². The van der Waals surface area contributed by atoms with Crippen LogP contribution in [0.5, 0.6) is 11.5 Å². The summed E-state index contributed by atoms with van der Waals surface area (Å²) in [5.41, 5.74) is 2.86. The summed E-state index contributed by atoms with van der Waals surface area (Å²) in [6, 6.07) is 20.6. The Morgan fingerprint density at radius 1 is 1.00 bits per heavy atom. The zero-order valence-electron chi connectivity index (χ0n) is 24.8. The molecule has 0 saturated heterocycles. The molecule has 46 heavy (non-hydrogen) atoms. The second-order valence-corrected chi connectivity index (χ2v) is 12.2. The quantitative estimate of drug-likeness (QED) is 0.192. The molecule has 0 fully saturated rings. The zero-order chi connectivity index (χ0) is 31.6. The van der Waals surface area contributed by atoms with Crippen molar-refractivity contribution in [3.8, 4) is 22.8 Å². The highest BCUT2D eigenvalue weighted by atomic mass is 32.1. The number of amides is 3. The molecular weight excluding hydrogens is 604 g/mol. The Kier molecular flexibility index (Phi) is 8.06. The van der Waals surface area contributed by atoms with E-state index in [2.05, 4.69) is 11.4 Å². The first-order valence-electron chi connectivity index (χ1n) is 15.1. The SMILES string of the molecule is O=C1C(=O)N(CC(=O)N(Cc2nc(-c3ccccc3)cs2)[C@H](C(=O)Nc2ccc3c(c2)OCO3)[C@H]2CC=CCC2)c2ccccc21. The molecule has 3 aromatic carbocycles. The summed E-state index contributed by atoms with van der Waals surface area (Å²) in [7, 11) is 0. The summed E-state index contributed by atoms with van der Waals surface area (Å²) in [6.45, 7) is -0.242. The van der Waals surface area contributed by atoms with Crippen molar-refractivity contribution in [3.05, 3.63) is 101 Å². The normalized spacial score (nSPS) is 17.1. The third kappa shape index (κ3) is 5.77. The van der Waals surface area contributed by atoms with Gasteiger partial charge in [0.15, 0.2) is 11.5 Å². The molecule has 232 valence electrons. The summed E-state index contributed by atoms with van der Waals surface area (Å²) in [4.78, 5) is 62.0. The number of fused-ring (bicyclic) bond motifs is 2. The van der Waals surface area contributed by atoms with E-state index in [-0.39, 0.29) is 30.7 Å². The molecule has 1 aromatic heterocycles. The molecule has 2 atom stereocenters. The Morgan fingerprint density at radius 2 is 1.80 bits per heavy atom. The van der Waals surface area contributed by atoms with Crippen molar-refractivity contribution in [1.29, 1.82) is 0 Å². The fraction of sp³-hybridized carbons (Fsp3) is 0.229. The van der Waals surface area contributed by atoms with Crippen LogP contribution < -0.4 is 19.7 Å². The van der Waals surface area contributed by atoms with E-state index in [0.717, 1.165) is 17.7 Å². The van der Waals surface area contributed by atoms with Crippen molar-refractivity contribution in [1.82, 2.24) is 9.88 Å². The summed E-state index contributed by atoms with van der Waals surface area (Å²) in [6.07, 6.45) is 6.17.